The summed E-state index contributed by atoms with van der Waals surface area (Å²) in [5, 5.41) is 17.1. The molecule has 8 aromatic rings. The van der Waals surface area contributed by atoms with E-state index in [1.54, 1.807) is 0 Å². The van der Waals surface area contributed by atoms with E-state index in [4.69, 9.17) is 0 Å². The molecule has 3 nitrogen and oxygen atoms in total. The number of hydrogen-bond acceptors (Lipinski definition) is 2. The van der Waals surface area contributed by atoms with E-state index in [0.29, 0.717) is 0 Å². The highest BCUT2D eigenvalue weighted by Gasteiger charge is 2.18. The van der Waals surface area contributed by atoms with E-state index < -0.39 is 0 Å². The van der Waals surface area contributed by atoms with Gasteiger partial charge in [-0.2, -0.15) is 0 Å². The van der Waals surface area contributed by atoms with Gasteiger partial charge in [-0.05, 0) is 61.6 Å². The molecular weight excluding hydrogens is 474 g/mol. The highest BCUT2D eigenvalue weighted by Crippen LogP contribution is 2.40. The third kappa shape index (κ3) is 3.44. The second-order valence-electron chi connectivity index (χ2n) is 9.93. The second kappa shape index (κ2) is 8.64. The van der Waals surface area contributed by atoms with Crippen molar-refractivity contribution in [3.63, 3.8) is 0 Å². The number of nitrogens with zero attached hydrogens (tertiary/aromatic N) is 3. The van der Waals surface area contributed by atoms with E-state index in [9.17, 15) is 0 Å². The topological polar surface area (TPSA) is 30.7 Å². The Balaban J connectivity index is 1.29. The normalized spacial score (nSPS) is 11.6. The van der Waals surface area contributed by atoms with Crippen molar-refractivity contribution in [1.29, 1.82) is 0 Å². The first-order chi connectivity index (χ1) is 19.3. The first-order valence-corrected chi connectivity index (χ1v) is 13.2. The first-order valence-electron chi connectivity index (χ1n) is 13.2. The largest absolute Gasteiger partial charge is 0.275 e. The molecule has 0 fully saturated rings. The van der Waals surface area contributed by atoms with Gasteiger partial charge in [-0.3, -0.25) is 4.57 Å². The van der Waals surface area contributed by atoms with Crippen molar-refractivity contribution in [3.8, 4) is 39.6 Å². The van der Waals surface area contributed by atoms with Gasteiger partial charge in [0.1, 0.15) is 0 Å². The van der Waals surface area contributed by atoms with Crippen molar-refractivity contribution in [3.05, 3.63) is 140 Å². The Bertz CT molecular complexity index is 2090. The lowest BCUT2D eigenvalue weighted by Gasteiger charge is -2.15. The lowest BCUT2D eigenvalue weighted by Crippen LogP contribution is -2.00. The molecule has 0 amide bonds. The molecule has 0 aliphatic heterocycles. The fourth-order valence-electron chi connectivity index (χ4n) is 5.87. The van der Waals surface area contributed by atoms with Gasteiger partial charge in [0.2, 0.25) is 0 Å². The fourth-order valence-corrected chi connectivity index (χ4v) is 5.87. The van der Waals surface area contributed by atoms with Crippen molar-refractivity contribution in [2.75, 3.05) is 0 Å². The van der Waals surface area contributed by atoms with E-state index >= 15 is 0 Å². The van der Waals surface area contributed by atoms with Gasteiger partial charge in [-0.25, -0.2) is 0 Å². The maximum Gasteiger partial charge on any atom is 0.168 e. The third-order valence-corrected chi connectivity index (χ3v) is 7.67. The summed E-state index contributed by atoms with van der Waals surface area (Å²) in [7, 11) is 0. The third-order valence-electron chi connectivity index (χ3n) is 7.67. The molecule has 1 aromatic heterocycles. The van der Waals surface area contributed by atoms with Gasteiger partial charge in [0.05, 0.1) is 0 Å². The molecule has 0 unspecified atom stereocenters. The van der Waals surface area contributed by atoms with Gasteiger partial charge >= 0.3 is 0 Å². The van der Waals surface area contributed by atoms with Crippen LogP contribution < -0.4 is 0 Å². The SMILES string of the molecule is c1ccc(-c2nnc(-c3ccc(-c4cc5cccc6ccc7cccc4c7c65)cc3)n2-c2ccccc2)cc1. The summed E-state index contributed by atoms with van der Waals surface area (Å²) in [6.45, 7) is 0. The molecule has 39 heavy (non-hydrogen) atoms. The number of hydrogen-bond donors (Lipinski definition) is 0. The standard InChI is InChI=1S/C36H23N3/c1-3-9-27(10-4-1)35-37-38-36(39(35)30-14-5-2-6-15-30)28-21-17-24(18-22-28)32-23-29-13-7-11-25-19-20-26-12-8-16-31(32)34(26)33(25)29/h1-23H. The van der Waals surface area contributed by atoms with Crippen molar-refractivity contribution < 1.29 is 0 Å². The van der Waals surface area contributed by atoms with Crippen LogP contribution in [0.2, 0.25) is 0 Å². The molecule has 0 aliphatic carbocycles. The predicted molar refractivity (Wildman–Crippen MR) is 161 cm³/mol. The van der Waals surface area contributed by atoms with Crippen LogP contribution in [0.25, 0.3) is 71.9 Å². The average molecular weight is 498 g/mol. The zero-order chi connectivity index (χ0) is 25.8. The molecule has 3 heteroatoms. The van der Waals surface area contributed by atoms with Crippen LogP contribution in [0.3, 0.4) is 0 Å². The molecular formula is C36H23N3. The van der Waals surface area contributed by atoms with Gasteiger partial charge in [-0.15, -0.1) is 10.2 Å². The zero-order valence-corrected chi connectivity index (χ0v) is 21.1. The van der Waals surface area contributed by atoms with Crippen LogP contribution in [0, 0.1) is 0 Å². The molecule has 182 valence electrons. The molecule has 1 heterocycles. The lowest BCUT2D eigenvalue weighted by molar-refractivity contribution is 1.07. The van der Waals surface area contributed by atoms with Crippen LogP contribution in [0.15, 0.2) is 140 Å². The molecule has 0 radical (unpaired) electrons. The maximum absolute atomic E-state index is 4.67. The van der Waals surface area contributed by atoms with E-state index in [1.807, 2.05) is 36.4 Å². The number of aromatic nitrogens is 3. The summed E-state index contributed by atoms with van der Waals surface area (Å²) in [6.07, 6.45) is 0. The van der Waals surface area contributed by atoms with Crippen molar-refractivity contribution in [2.45, 2.75) is 0 Å². The molecule has 0 aliphatic rings. The quantitative estimate of drug-likeness (QED) is 0.227. The molecule has 0 saturated carbocycles. The van der Waals surface area contributed by atoms with E-state index in [1.165, 1.54) is 43.4 Å². The van der Waals surface area contributed by atoms with Crippen molar-refractivity contribution in [1.82, 2.24) is 14.8 Å². The van der Waals surface area contributed by atoms with Gasteiger partial charge in [0.25, 0.3) is 0 Å². The Morgan fingerprint density at radius 1 is 0.410 bits per heavy atom. The monoisotopic (exact) mass is 497 g/mol. The summed E-state index contributed by atoms with van der Waals surface area (Å²) in [5.74, 6) is 1.65. The summed E-state index contributed by atoms with van der Waals surface area (Å²) >= 11 is 0. The Labute approximate surface area is 226 Å². The Morgan fingerprint density at radius 2 is 0.974 bits per heavy atom. The van der Waals surface area contributed by atoms with Crippen LogP contribution in [0.1, 0.15) is 0 Å². The van der Waals surface area contributed by atoms with Crippen molar-refractivity contribution in [2.24, 2.45) is 0 Å². The van der Waals surface area contributed by atoms with E-state index in [0.717, 1.165) is 28.5 Å². The summed E-state index contributed by atoms with van der Waals surface area (Å²) < 4.78 is 2.14. The van der Waals surface area contributed by atoms with Crippen LogP contribution in [-0.4, -0.2) is 14.8 Å². The summed E-state index contributed by atoms with van der Waals surface area (Å²) in [6, 6.07) is 49.3. The van der Waals surface area contributed by atoms with Crippen LogP contribution in [0.4, 0.5) is 0 Å². The first kappa shape index (κ1) is 21.8. The minimum Gasteiger partial charge on any atom is -0.275 e. The van der Waals surface area contributed by atoms with Gasteiger partial charge in [0, 0.05) is 16.8 Å². The molecule has 0 spiro atoms. The number of para-hydroxylation sites is 1. The van der Waals surface area contributed by atoms with Crippen LogP contribution in [-0.2, 0) is 0 Å². The Morgan fingerprint density at radius 3 is 1.69 bits per heavy atom. The van der Waals surface area contributed by atoms with Gasteiger partial charge in [0.15, 0.2) is 11.6 Å². The fraction of sp³-hybridized carbons (Fsp3) is 0. The van der Waals surface area contributed by atoms with Crippen LogP contribution in [0.5, 0.6) is 0 Å². The smallest absolute Gasteiger partial charge is 0.168 e. The second-order valence-corrected chi connectivity index (χ2v) is 9.93. The minimum absolute atomic E-state index is 0.821. The molecule has 0 atom stereocenters. The molecule has 0 bridgehead atoms. The Kier molecular flexibility index (Phi) is 4.82. The average Bonchev–Trinajstić information content (AvgIpc) is 3.46. The predicted octanol–water partition coefficient (Wildman–Crippen LogP) is 9.17. The molecule has 0 N–H and O–H groups in total. The van der Waals surface area contributed by atoms with Gasteiger partial charge in [-0.1, -0.05) is 121 Å². The summed E-state index contributed by atoms with van der Waals surface area (Å²) in [5.41, 5.74) is 5.52. The number of benzene rings is 7. The Hall–Kier alpha value is -5.28. The van der Waals surface area contributed by atoms with E-state index in [2.05, 4.69) is 118 Å². The molecule has 7 aromatic carbocycles. The van der Waals surface area contributed by atoms with Gasteiger partial charge < -0.3 is 0 Å². The number of rotatable bonds is 4. The van der Waals surface area contributed by atoms with Crippen LogP contribution >= 0.6 is 0 Å². The van der Waals surface area contributed by atoms with Crippen molar-refractivity contribution >= 4 is 32.3 Å². The summed E-state index contributed by atoms with van der Waals surface area (Å²) in [4.78, 5) is 0. The highest BCUT2D eigenvalue weighted by atomic mass is 15.3. The highest BCUT2D eigenvalue weighted by molar-refractivity contribution is 6.26. The van der Waals surface area contributed by atoms with E-state index in [-0.39, 0.29) is 0 Å². The zero-order valence-electron chi connectivity index (χ0n) is 21.1. The maximum atomic E-state index is 4.67. The minimum atomic E-state index is 0.821. The molecule has 0 saturated heterocycles. The molecule has 8 rings (SSSR count). The lowest BCUT2D eigenvalue weighted by atomic mass is 9.89.